The molecule has 0 spiro atoms. The molecular weight excluding hydrogens is 222 g/mol. The second-order valence-electron chi connectivity index (χ2n) is 4.05. The molecule has 0 fully saturated rings. The molecule has 0 radical (unpaired) electrons. The molecule has 0 atom stereocenters. The number of aliphatic carboxylic acids is 1. The van der Waals surface area contributed by atoms with Gasteiger partial charge in [0.15, 0.2) is 11.5 Å². The minimum absolute atomic E-state index is 0.00543. The average Bonchev–Trinajstić information content (AvgIpc) is 2.81. The Hall–Kier alpha value is -2.17. The van der Waals surface area contributed by atoms with E-state index in [2.05, 4.69) is 4.98 Å². The number of benzene rings is 1. The predicted octanol–water partition coefficient (Wildman–Crippen LogP) is 1.83. The Morgan fingerprint density at radius 2 is 2.12 bits per heavy atom. The molecule has 2 N–H and O–H groups in total. The lowest BCUT2D eigenvalue weighted by Gasteiger charge is -1.99. The third-order valence-electron chi connectivity index (χ3n) is 2.94. The maximum atomic E-state index is 10.8. The molecule has 0 saturated carbocycles. The van der Waals surface area contributed by atoms with Gasteiger partial charge in [-0.2, -0.15) is 0 Å². The van der Waals surface area contributed by atoms with Crippen molar-refractivity contribution >= 4 is 16.9 Å². The molecule has 88 valence electrons. The van der Waals surface area contributed by atoms with Gasteiger partial charge < -0.3 is 19.6 Å². The molecule has 5 heteroatoms. The van der Waals surface area contributed by atoms with E-state index in [-0.39, 0.29) is 13.2 Å². The van der Waals surface area contributed by atoms with Gasteiger partial charge in [-0.15, -0.1) is 0 Å². The van der Waals surface area contributed by atoms with Crippen LogP contribution < -0.4 is 9.47 Å². The fourth-order valence-electron chi connectivity index (χ4n) is 2.15. The van der Waals surface area contributed by atoms with Crippen LogP contribution in [0.2, 0.25) is 0 Å². The lowest BCUT2D eigenvalue weighted by atomic mass is 10.1. The van der Waals surface area contributed by atoms with E-state index < -0.39 is 5.97 Å². The molecule has 2 aromatic rings. The van der Waals surface area contributed by atoms with Crippen LogP contribution in [0.3, 0.4) is 0 Å². The van der Waals surface area contributed by atoms with Crippen molar-refractivity contribution in [2.45, 2.75) is 13.3 Å². The minimum atomic E-state index is -0.841. The van der Waals surface area contributed by atoms with Gasteiger partial charge in [-0.1, -0.05) is 0 Å². The molecule has 0 bridgehead atoms. The van der Waals surface area contributed by atoms with Crippen LogP contribution in [0.1, 0.15) is 11.3 Å². The molecule has 2 heterocycles. The number of ether oxygens (including phenoxy) is 2. The lowest BCUT2D eigenvalue weighted by Crippen LogP contribution is -2.00. The summed E-state index contributed by atoms with van der Waals surface area (Å²) in [5, 5.41) is 9.78. The Balaban J connectivity index is 2.21. The quantitative estimate of drug-likeness (QED) is 0.830. The Labute approximate surface area is 97.0 Å². The number of H-pyrrole nitrogens is 1. The van der Waals surface area contributed by atoms with Crippen molar-refractivity contribution in [2.75, 3.05) is 6.79 Å². The van der Waals surface area contributed by atoms with Crippen molar-refractivity contribution in [1.82, 2.24) is 4.98 Å². The first-order chi connectivity index (χ1) is 8.15. The molecule has 1 aliphatic heterocycles. The third kappa shape index (κ3) is 1.51. The summed E-state index contributed by atoms with van der Waals surface area (Å²) in [5.41, 5.74) is 2.54. The first-order valence-corrected chi connectivity index (χ1v) is 5.28. The predicted molar refractivity (Wildman–Crippen MR) is 60.5 cm³/mol. The van der Waals surface area contributed by atoms with Crippen molar-refractivity contribution in [3.8, 4) is 11.5 Å². The van der Waals surface area contributed by atoms with Gasteiger partial charge in [-0.3, -0.25) is 4.79 Å². The van der Waals surface area contributed by atoms with Crippen molar-refractivity contribution in [3.05, 3.63) is 23.4 Å². The molecular formula is C12H11NO4. The molecule has 5 nitrogen and oxygen atoms in total. The van der Waals surface area contributed by atoms with E-state index in [4.69, 9.17) is 14.6 Å². The molecule has 3 rings (SSSR count). The molecule has 0 saturated heterocycles. The van der Waals surface area contributed by atoms with Crippen LogP contribution >= 0.6 is 0 Å². The van der Waals surface area contributed by atoms with Crippen LogP contribution in [0.15, 0.2) is 12.1 Å². The van der Waals surface area contributed by atoms with E-state index in [1.165, 1.54) is 0 Å². The second kappa shape index (κ2) is 3.41. The van der Waals surface area contributed by atoms with Gasteiger partial charge in [-0.25, -0.2) is 0 Å². The maximum Gasteiger partial charge on any atom is 0.307 e. The molecule has 0 amide bonds. The monoisotopic (exact) mass is 233 g/mol. The van der Waals surface area contributed by atoms with Crippen LogP contribution in [0, 0.1) is 6.92 Å². The number of fused-ring (bicyclic) bond motifs is 2. The number of nitrogens with one attached hydrogen (secondary N) is 1. The number of aromatic nitrogens is 1. The standard InChI is InChI=1S/C12H11NO4/c1-6-7(3-12(14)15)8-2-10-11(17-5-16-10)4-9(8)13-6/h2,4,13H,3,5H2,1H3,(H,14,15). The van der Waals surface area contributed by atoms with E-state index >= 15 is 0 Å². The highest BCUT2D eigenvalue weighted by molar-refractivity contribution is 5.90. The van der Waals surface area contributed by atoms with Crippen molar-refractivity contribution < 1.29 is 19.4 Å². The van der Waals surface area contributed by atoms with Gasteiger partial charge in [-0.05, 0) is 18.6 Å². The topological polar surface area (TPSA) is 71.6 Å². The van der Waals surface area contributed by atoms with Crippen molar-refractivity contribution in [2.24, 2.45) is 0 Å². The highest BCUT2D eigenvalue weighted by Gasteiger charge is 2.18. The van der Waals surface area contributed by atoms with E-state index in [1.54, 1.807) is 0 Å². The van der Waals surface area contributed by atoms with Gasteiger partial charge in [0.05, 0.1) is 6.42 Å². The Bertz CT molecular complexity index is 614. The molecule has 0 aliphatic carbocycles. The molecule has 1 aromatic heterocycles. The van der Waals surface area contributed by atoms with Crippen molar-refractivity contribution in [3.63, 3.8) is 0 Å². The van der Waals surface area contributed by atoms with Crippen LogP contribution in [0.5, 0.6) is 11.5 Å². The first-order valence-electron chi connectivity index (χ1n) is 5.28. The zero-order valence-electron chi connectivity index (χ0n) is 9.24. The SMILES string of the molecule is Cc1[nH]c2cc3c(cc2c1CC(=O)O)OCO3. The average molecular weight is 233 g/mol. The van der Waals surface area contributed by atoms with E-state index in [0.717, 1.165) is 22.2 Å². The molecule has 1 aliphatic rings. The summed E-state index contributed by atoms with van der Waals surface area (Å²) in [4.78, 5) is 14.0. The van der Waals surface area contributed by atoms with Gasteiger partial charge in [0.25, 0.3) is 0 Å². The van der Waals surface area contributed by atoms with Crippen molar-refractivity contribution in [1.29, 1.82) is 0 Å². The summed E-state index contributed by atoms with van der Waals surface area (Å²) in [5.74, 6) is 0.524. The highest BCUT2D eigenvalue weighted by Crippen LogP contribution is 2.37. The Kier molecular flexibility index (Phi) is 2.01. The van der Waals surface area contributed by atoms with Gasteiger partial charge in [0.2, 0.25) is 6.79 Å². The van der Waals surface area contributed by atoms with Crippen LogP contribution in [-0.2, 0) is 11.2 Å². The van der Waals surface area contributed by atoms with Gasteiger partial charge in [0.1, 0.15) is 0 Å². The number of hydrogen-bond acceptors (Lipinski definition) is 3. The highest BCUT2D eigenvalue weighted by atomic mass is 16.7. The molecule has 17 heavy (non-hydrogen) atoms. The fourth-order valence-corrected chi connectivity index (χ4v) is 2.15. The molecule has 0 unspecified atom stereocenters. The number of rotatable bonds is 2. The zero-order valence-corrected chi connectivity index (χ0v) is 9.24. The third-order valence-corrected chi connectivity index (χ3v) is 2.94. The van der Waals surface area contributed by atoms with Gasteiger partial charge >= 0.3 is 5.97 Å². The normalized spacial score (nSPS) is 13.2. The second-order valence-corrected chi connectivity index (χ2v) is 4.05. The van der Waals surface area contributed by atoms with E-state index in [0.29, 0.717) is 11.5 Å². The smallest absolute Gasteiger partial charge is 0.307 e. The number of carboxylic acid groups (broad SMARTS) is 1. The summed E-state index contributed by atoms with van der Waals surface area (Å²) in [6, 6.07) is 3.68. The number of hydrogen-bond donors (Lipinski definition) is 2. The van der Waals surface area contributed by atoms with Crippen LogP contribution in [0.25, 0.3) is 10.9 Å². The Morgan fingerprint density at radius 1 is 1.41 bits per heavy atom. The Morgan fingerprint density at radius 3 is 2.82 bits per heavy atom. The maximum absolute atomic E-state index is 10.8. The van der Waals surface area contributed by atoms with E-state index in [1.807, 2.05) is 19.1 Å². The first kappa shape index (κ1) is 10.0. The van der Waals surface area contributed by atoms with Gasteiger partial charge in [0, 0.05) is 22.7 Å². The summed E-state index contributed by atoms with van der Waals surface area (Å²) in [6.45, 7) is 2.08. The number of aromatic amines is 1. The zero-order chi connectivity index (χ0) is 12.0. The summed E-state index contributed by atoms with van der Waals surface area (Å²) >= 11 is 0. The lowest BCUT2D eigenvalue weighted by molar-refractivity contribution is -0.136. The van der Waals surface area contributed by atoms with Crippen LogP contribution in [-0.4, -0.2) is 22.9 Å². The number of aryl methyl sites for hydroxylation is 1. The fraction of sp³-hybridized carbons (Fsp3) is 0.250. The summed E-state index contributed by atoms with van der Waals surface area (Å²) in [7, 11) is 0. The number of carbonyl (C=O) groups is 1. The number of carboxylic acids is 1. The van der Waals surface area contributed by atoms with Crippen LogP contribution in [0.4, 0.5) is 0 Å². The largest absolute Gasteiger partial charge is 0.481 e. The molecule has 1 aromatic carbocycles. The minimum Gasteiger partial charge on any atom is -0.481 e. The summed E-state index contributed by atoms with van der Waals surface area (Å²) in [6.07, 6.45) is 0.00543. The van der Waals surface area contributed by atoms with E-state index in [9.17, 15) is 4.79 Å². The summed E-state index contributed by atoms with van der Waals surface area (Å²) < 4.78 is 10.6.